The lowest BCUT2D eigenvalue weighted by Gasteiger charge is -2.44. The highest BCUT2D eigenvalue weighted by molar-refractivity contribution is 6.27. The number of aliphatic hydroxyl groups excluding tert-OH is 2. The molecule has 0 spiro atoms. The van der Waals surface area contributed by atoms with Gasteiger partial charge in [0.1, 0.15) is 30.2 Å². The molecule has 0 radical (unpaired) electrons. The summed E-state index contributed by atoms with van der Waals surface area (Å²) in [5.74, 6) is -1.03. The van der Waals surface area contributed by atoms with Gasteiger partial charge in [-0.3, -0.25) is 9.59 Å². The summed E-state index contributed by atoms with van der Waals surface area (Å²) in [6, 6.07) is -0.929. The van der Waals surface area contributed by atoms with Gasteiger partial charge in [-0.2, -0.15) is 0 Å². The number of alkyl halides is 1. The molecule has 0 bridgehead atoms. The van der Waals surface area contributed by atoms with Gasteiger partial charge < -0.3 is 30.3 Å². The first-order chi connectivity index (χ1) is 10.5. The van der Waals surface area contributed by atoms with E-state index in [1.807, 2.05) is 0 Å². The third kappa shape index (κ3) is 6.23. The van der Waals surface area contributed by atoms with Gasteiger partial charge in [0.15, 0.2) is 6.29 Å². The fraction of sp³-hybridized carbons (Fsp3) is 0.857. The van der Waals surface area contributed by atoms with Crippen molar-refractivity contribution in [3.05, 3.63) is 0 Å². The van der Waals surface area contributed by atoms with E-state index in [4.69, 9.17) is 21.1 Å². The van der Waals surface area contributed by atoms with Gasteiger partial charge in [-0.1, -0.05) is 0 Å². The lowest BCUT2D eigenvalue weighted by Crippen LogP contribution is -2.66. The number of hydrogen-bond acceptors (Lipinski definition) is 6. The Morgan fingerprint density at radius 3 is 2.35 bits per heavy atom. The van der Waals surface area contributed by atoms with Crippen molar-refractivity contribution in [1.29, 1.82) is 0 Å². The van der Waals surface area contributed by atoms with Crippen LogP contribution in [-0.2, 0) is 19.1 Å². The zero-order chi connectivity index (χ0) is 17.8. The molecule has 1 aliphatic heterocycles. The molecule has 5 atom stereocenters. The molecule has 1 rings (SSSR count). The average molecular weight is 353 g/mol. The predicted octanol–water partition coefficient (Wildman–Crippen LogP) is -0.892. The number of ether oxygens (including phenoxy) is 2. The second-order valence-corrected chi connectivity index (χ2v) is 6.69. The van der Waals surface area contributed by atoms with E-state index in [9.17, 15) is 19.8 Å². The molecular weight excluding hydrogens is 328 g/mol. The molecule has 0 saturated carbocycles. The van der Waals surface area contributed by atoms with Gasteiger partial charge in [0.25, 0.3) is 0 Å². The van der Waals surface area contributed by atoms with Crippen LogP contribution in [0.15, 0.2) is 0 Å². The molecule has 4 N–H and O–H groups in total. The maximum Gasteiger partial charge on any atom is 0.235 e. The number of carbonyl (C=O) groups excluding carboxylic acids is 2. The van der Waals surface area contributed by atoms with E-state index >= 15 is 0 Å². The van der Waals surface area contributed by atoms with Crippen molar-refractivity contribution in [2.45, 2.75) is 63.9 Å². The van der Waals surface area contributed by atoms with E-state index in [1.54, 1.807) is 20.8 Å². The monoisotopic (exact) mass is 352 g/mol. The van der Waals surface area contributed by atoms with Crippen LogP contribution < -0.4 is 10.6 Å². The summed E-state index contributed by atoms with van der Waals surface area (Å²) < 4.78 is 11.4. The van der Waals surface area contributed by atoms with Crippen molar-refractivity contribution < 1.29 is 29.3 Å². The summed E-state index contributed by atoms with van der Waals surface area (Å²) in [7, 11) is 0. The van der Waals surface area contributed by atoms with Gasteiger partial charge in [0.2, 0.25) is 11.8 Å². The molecule has 0 aromatic carbocycles. The van der Waals surface area contributed by atoms with Gasteiger partial charge in [-0.05, 0) is 20.8 Å². The Morgan fingerprint density at radius 1 is 1.26 bits per heavy atom. The summed E-state index contributed by atoms with van der Waals surface area (Å²) >= 11 is 5.39. The number of nitrogens with one attached hydrogen (secondary N) is 2. The highest BCUT2D eigenvalue weighted by Gasteiger charge is 2.46. The van der Waals surface area contributed by atoms with Gasteiger partial charge in [0.05, 0.1) is 5.60 Å². The lowest BCUT2D eigenvalue weighted by molar-refractivity contribution is -0.287. The lowest BCUT2D eigenvalue weighted by atomic mass is 9.96. The maximum absolute atomic E-state index is 11.3. The van der Waals surface area contributed by atoms with E-state index < -0.39 is 42.2 Å². The van der Waals surface area contributed by atoms with Crippen LogP contribution in [0.4, 0.5) is 0 Å². The van der Waals surface area contributed by atoms with Crippen LogP contribution >= 0.6 is 11.6 Å². The van der Waals surface area contributed by atoms with Gasteiger partial charge in [-0.25, -0.2) is 0 Å². The summed E-state index contributed by atoms with van der Waals surface area (Å²) in [6.45, 7) is 6.63. The van der Waals surface area contributed by atoms with Crippen LogP contribution in [0.2, 0.25) is 0 Å². The van der Waals surface area contributed by atoms with Crippen LogP contribution in [0.25, 0.3) is 0 Å². The van der Waals surface area contributed by atoms with Crippen LogP contribution in [0.3, 0.4) is 0 Å². The largest absolute Gasteiger partial charge is 0.388 e. The Bertz CT molecular complexity index is 428. The molecule has 1 heterocycles. The summed E-state index contributed by atoms with van der Waals surface area (Å²) in [6.07, 6.45) is -4.48. The maximum atomic E-state index is 11.3. The third-order valence-electron chi connectivity index (χ3n) is 3.16. The summed E-state index contributed by atoms with van der Waals surface area (Å²) in [5, 5.41) is 25.4. The second kappa shape index (κ2) is 8.25. The van der Waals surface area contributed by atoms with Gasteiger partial charge >= 0.3 is 0 Å². The Kier molecular flexibility index (Phi) is 7.22. The van der Waals surface area contributed by atoms with E-state index in [2.05, 4.69) is 10.6 Å². The van der Waals surface area contributed by atoms with Crippen molar-refractivity contribution >= 4 is 23.4 Å². The average Bonchev–Trinajstić information content (AvgIpc) is 2.43. The Labute approximate surface area is 140 Å². The molecule has 1 aliphatic rings. The van der Waals surface area contributed by atoms with E-state index in [0.717, 1.165) is 0 Å². The van der Waals surface area contributed by atoms with Crippen LogP contribution in [0, 0.1) is 0 Å². The molecule has 8 nitrogen and oxygen atoms in total. The summed E-state index contributed by atoms with van der Waals surface area (Å²) in [4.78, 5) is 22.6. The third-order valence-corrected chi connectivity index (χ3v) is 3.41. The molecule has 0 aromatic heterocycles. The molecule has 1 fully saturated rings. The predicted molar refractivity (Wildman–Crippen MR) is 82.8 cm³/mol. The van der Waals surface area contributed by atoms with Crippen molar-refractivity contribution in [1.82, 2.24) is 10.6 Å². The minimum absolute atomic E-state index is 0.0411. The molecule has 134 valence electrons. The highest BCUT2D eigenvalue weighted by Crippen LogP contribution is 2.25. The number of carbonyl (C=O) groups is 2. The first-order valence-electron chi connectivity index (χ1n) is 7.34. The zero-order valence-corrected chi connectivity index (χ0v) is 14.5. The normalized spacial score (nSPS) is 31.5. The number of hydrogen-bond donors (Lipinski definition) is 4. The molecule has 1 saturated heterocycles. The molecular formula is C14H25ClN2O6. The van der Waals surface area contributed by atoms with Gasteiger partial charge in [-0.15, -0.1) is 11.6 Å². The second-order valence-electron chi connectivity index (χ2n) is 6.42. The molecule has 2 unspecified atom stereocenters. The molecule has 0 aliphatic carbocycles. The minimum Gasteiger partial charge on any atom is -0.388 e. The fourth-order valence-electron chi connectivity index (χ4n) is 2.20. The van der Waals surface area contributed by atoms with Crippen molar-refractivity contribution in [2.24, 2.45) is 0 Å². The summed E-state index contributed by atoms with van der Waals surface area (Å²) in [5.41, 5.74) is -0.604. The first kappa shape index (κ1) is 20.1. The Balaban J connectivity index is 2.87. The smallest absolute Gasteiger partial charge is 0.235 e. The standard InChI is InChI=1S/C14H25ClN2O6/c1-7(18)17-10-12(21)11(20)8(6-16-9(19)5-15)22-13(10)23-14(2,3)4/h8,10-13,20-21H,5-6H2,1-4H3,(H,16,19)(H,17,18)/t8?,10-,11-,12?,13+/m0/s1. The van der Waals surface area contributed by atoms with E-state index in [1.165, 1.54) is 6.92 Å². The number of amides is 2. The Morgan fingerprint density at radius 2 is 1.87 bits per heavy atom. The molecule has 0 aromatic rings. The van der Waals surface area contributed by atoms with Crippen molar-refractivity contribution in [2.75, 3.05) is 12.4 Å². The number of aliphatic hydroxyl groups is 2. The van der Waals surface area contributed by atoms with Gasteiger partial charge in [0, 0.05) is 13.5 Å². The minimum atomic E-state index is -1.31. The van der Waals surface area contributed by atoms with Crippen molar-refractivity contribution in [3.63, 3.8) is 0 Å². The molecule has 9 heteroatoms. The van der Waals surface area contributed by atoms with Crippen molar-refractivity contribution in [3.8, 4) is 0 Å². The van der Waals surface area contributed by atoms with Crippen LogP contribution in [0.1, 0.15) is 27.7 Å². The topological polar surface area (TPSA) is 117 Å². The quantitative estimate of drug-likeness (QED) is 0.477. The number of rotatable bonds is 5. The highest BCUT2D eigenvalue weighted by atomic mass is 35.5. The Hall–Kier alpha value is -0.930. The van der Waals surface area contributed by atoms with E-state index in [-0.39, 0.29) is 18.3 Å². The fourth-order valence-corrected chi connectivity index (χ4v) is 2.29. The molecule has 23 heavy (non-hydrogen) atoms. The first-order valence-corrected chi connectivity index (χ1v) is 7.88. The van der Waals surface area contributed by atoms with Crippen LogP contribution in [0.5, 0.6) is 0 Å². The van der Waals surface area contributed by atoms with E-state index in [0.29, 0.717) is 0 Å². The zero-order valence-electron chi connectivity index (χ0n) is 13.7. The SMILES string of the molecule is CC(=O)N[C@H]1C(O)[C@@H](O)C(CNC(=O)CCl)O[C@@H]1OC(C)(C)C. The van der Waals surface area contributed by atoms with Crippen LogP contribution in [-0.4, -0.2) is 70.7 Å². The molecule has 2 amide bonds. The number of halogens is 1.